The molecule has 66 valence electrons. The summed E-state index contributed by atoms with van der Waals surface area (Å²) in [4.78, 5) is 10.4. The van der Waals surface area contributed by atoms with Crippen molar-refractivity contribution in [3.63, 3.8) is 0 Å². The molecule has 0 N–H and O–H groups in total. The van der Waals surface area contributed by atoms with Gasteiger partial charge in [0, 0.05) is 25.7 Å². The van der Waals surface area contributed by atoms with Crippen molar-refractivity contribution in [1.29, 1.82) is 0 Å². The Labute approximate surface area is 65.8 Å². The molecule has 0 aromatic rings. The number of halogens is 2. The fraction of sp³-hybridized carbons (Fsp3) is 0.875. The lowest BCUT2D eigenvalue weighted by atomic mass is 9.96. The number of carbonyl (C=O) groups is 1. The van der Waals surface area contributed by atoms with Crippen molar-refractivity contribution in [3.8, 4) is 0 Å². The Kier molecular flexibility index (Phi) is 4.23. The molecule has 1 nitrogen and oxygen atoms in total. The van der Waals surface area contributed by atoms with E-state index < -0.39 is 5.92 Å². The summed E-state index contributed by atoms with van der Waals surface area (Å²) in [5, 5.41) is 0. The van der Waals surface area contributed by atoms with Crippen LogP contribution in [0.25, 0.3) is 0 Å². The van der Waals surface area contributed by atoms with Gasteiger partial charge in [-0.15, -0.1) is 0 Å². The first kappa shape index (κ1) is 10.5. The highest BCUT2D eigenvalue weighted by atomic mass is 19.3. The van der Waals surface area contributed by atoms with Crippen molar-refractivity contribution in [3.05, 3.63) is 0 Å². The topological polar surface area (TPSA) is 17.1 Å². The standard InChI is InChI=1S/C6H8F2O.C2H6/c7-6(8)3-1-5(9)2-4-6;1-2/h1-4H2;1-2H3. The number of alkyl halides is 2. The van der Waals surface area contributed by atoms with Crippen LogP contribution in [0.15, 0.2) is 0 Å². The molecule has 1 rings (SSSR count). The van der Waals surface area contributed by atoms with Crippen molar-refractivity contribution in [2.45, 2.75) is 45.5 Å². The van der Waals surface area contributed by atoms with E-state index >= 15 is 0 Å². The average molecular weight is 164 g/mol. The smallest absolute Gasteiger partial charge is 0.249 e. The second-order valence-electron chi connectivity index (χ2n) is 2.39. The molecule has 0 spiro atoms. The predicted molar refractivity (Wildman–Crippen MR) is 39.8 cm³/mol. The van der Waals surface area contributed by atoms with E-state index in [1.165, 1.54) is 0 Å². The van der Waals surface area contributed by atoms with Gasteiger partial charge in [0.15, 0.2) is 0 Å². The normalized spacial score (nSPS) is 22.0. The van der Waals surface area contributed by atoms with Gasteiger partial charge in [-0.3, -0.25) is 4.79 Å². The molecule has 0 aromatic heterocycles. The summed E-state index contributed by atoms with van der Waals surface area (Å²) in [5.74, 6) is -2.59. The van der Waals surface area contributed by atoms with Gasteiger partial charge in [-0.2, -0.15) is 0 Å². The number of hydrogen-bond acceptors (Lipinski definition) is 1. The molecule has 1 aliphatic carbocycles. The largest absolute Gasteiger partial charge is 0.300 e. The van der Waals surface area contributed by atoms with Crippen LogP contribution >= 0.6 is 0 Å². The molecule has 0 bridgehead atoms. The first-order chi connectivity index (χ1) is 5.10. The Balaban J connectivity index is 0.000000461. The van der Waals surface area contributed by atoms with Gasteiger partial charge in [-0.05, 0) is 0 Å². The molecule has 0 amide bonds. The summed E-state index contributed by atoms with van der Waals surface area (Å²) in [6.45, 7) is 4.00. The van der Waals surface area contributed by atoms with Crippen LogP contribution < -0.4 is 0 Å². The van der Waals surface area contributed by atoms with E-state index in [-0.39, 0.29) is 31.5 Å². The summed E-state index contributed by atoms with van der Waals surface area (Å²) in [6.07, 6.45) is -0.363. The van der Waals surface area contributed by atoms with Crippen molar-refractivity contribution in [2.75, 3.05) is 0 Å². The van der Waals surface area contributed by atoms with E-state index in [9.17, 15) is 13.6 Å². The van der Waals surface area contributed by atoms with Crippen LogP contribution in [0.2, 0.25) is 0 Å². The van der Waals surface area contributed by atoms with Crippen LogP contribution in [0.5, 0.6) is 0 Å². The molecule has 0 unspecified atom stereocenters. The molecule has 1 saturated carbocycles. The average Bonchev–Trinajstić information content (AvgIpc) is 2.00. The maximum absolute atomic E-state index is 12.2. The molecule has 0 radical (unpaired) electrons. The minimum absolute atomic E-state index is 0.0269. The Morgan fingerprint density at radius 3 is 1.82 bits per heavy atom. The van der Waals surface area contributed by atoms with E-state index in [0.29, 0.717) is 0 Å². The highest BCUT2D eigenvalue weighted by molar-refractivity contribution is 5.79. The van der Waals surface area contributed by atoms with Crippen LogP contribution in [0.4, 0.5) is 8.78 Å². The van der Waals surface area contributed by atoms with E-state index in [4.69, 9.17) is 0 Å². The van der Waals surface area contributed by atoms with E-state index in [1.54, 1.807) is 0 Å². The van der Waals surface area contributed by atoms with Crippen LogP contribution in [0.1, 0.15) is 39.5 Å². The zero-order chi connectivity index (χ0) is 8.91. The monoisotopic (exact) mass is 164 g/mol. The maximum Gasteiger partial charge on any atom is 0.249 e. The SMILES string of the molecule is CC.O=C1CCC(F)(F)CC1. The third-order valence-corrected chi connectivity index (χ3v) is 1.54. The van der Waals surface area contributed by atoms with Crippen molar-refractivity contribution >= 4 is 5.78 Å². The van der Waals surface area contributed by atoms with Gasteiger partial charge in [-0.1, -0.05) is 13.8 Å². The van der Waals surface area contributed by atoms with E-state index in [2.05, 4.69) is 0 Å². The van der Waals surface area contributed by atoms with Crippen molar-refractivity contribution in [2.24, 2.45) is 0 Å². The molecular formula is C8H14F2O. The zero-order valence-electron chi connectivity index (χ0n) is 6.99. The minimum Gasteiger partial charge on any atom is -0.300 e. The molecule has 0 aromatic carbocycles. The van der Waals surface area contributed by atoms with Crippen LogP contribution in [-0.4, -0.2) is 11.7 Å². The molecule has 0 aliphatic heterocycles. The molecule has 0 atom stereocenters. The fourth-order valence-electron chi connectivity index (χ4n) is 0.895. The lowest BCUT2D eigenvalue weighted by Gasteiger charge is -2.19. The molecule has 1 fully saturated rings. The second-order valence-corrected chi connectivity index (χ2v) is 2.39. The molecule has 0 saturated heterocycles. The molecule has 11 heavy (non-hydrogen) atoms. The summed E-state index contributed by atoms with van der Waals surface area (Å²) < 4.78 is 24.5. The summed E-state index contributed by atoms with van der Waals surface area (Å²) in [5.41, 5.74) is 0. The highest BCUT2D eigenvalue weighted by Crippen LogP contribution is 2.30. The third kappa shape index (κ3) is 4.06. The highest BCUT2D eigenvalue weighted by Gasteiger charge is 2.33. The van der Waals surface area contributed by atoms with Crippen LogP contribution in [0.3, 0.4) is 0 Å². The molecule has 1 aliphatic rings. The van der Waals surface area contributed by atoms with Gasteiger partial charge >= 0.3 is 0 Å². The molecular weight excluding hydrogens is 150 g/mol. The van der Waals surface area contributed by atoms with Gasteiger partial charge in [0.05, 0.1) is 0 Å². The number of Topliss-reactive ketones (excluding diaryl/α,β-unsaturated/α-hetero) is 1. The molecule has 3 heteroatoms. The van der Waals surface area contributed by atoms with E-state index in [0.717, 1.165) is 0 Å². The minimum atomic E-state index is -2.56. The number of ketones is 1. The summed E-state index contributed by atoms with van der Waals surface area (Å²) in [7, 11) is 0. The van der Waals surface area contributed by atoms with Crippen molar-refractivity contribution in [1.82, 2.24) is 0 Å². The van der Waals surface area contributed by atoms with Crippen molar-refractivity contribution < 1.29 is 13.6 Å². The predicted octanol–water partition coefficient (Wildman–Crippen LogP) is 2.79. The Morgan fingerprint density at radius 1 is 1.18 bits per heavy atom. The fourth-order valence-corrected chi connectivity index (χ4v) is 0.895. The molecule has 0 heterocycles. The van der Waals surface area contributed by atoms with Crippen LogP contribution in [0, 0.1) is 0 Å². The van der Waals surface area contributed by atoms with Gasteiger partial charge in [0.25, 0.3) is 0 Å². The first-order valence-electron chi connectivity index (χ1n) is 4.00. The van der Waals surface area contributed by atoms with E-state index in [1.807, 2.05) is 13.8 Å². The zero-order valence-corrected chi connectivity index (χ0v) is 6.99. The summed E-state index contributed by atoms with van der Waals surface area (Å²) >= 11 is 0. The number of carbonyl (C=O) groups excluding carboxylic acids is 1. The lowest BCUT2D eigenvalue weighted by Crippen LogP contribution is -2.24. The van der Waals surface area contributed by atoms with Crippen LogP contribution in [-0.2, 0) is 4.79 Å². The summed E-state index contributed by atoms with van der Waals surface area (Å²) in [6, 6.07) is 0. The number of hydrogen-bond donors (Lipinski definition) is 0. The van der Waals surface area contributed by atoms with Gasteiger partial charge < -0.3 is 0 Å². The van der Waals surface area contributed by atoms with Gasteiger partial charge in [0.1, 0.15) is 5.78 Å². The Hall–Kier alpha value is -0.470. The quantitative estimate of drug-likeness (QED) is 0.538. The maximum atomic E-state index is 12.2. The van der Waals surface area contributed by atoms with Gasteiger partial charge in [0.2, 0.25) is 5.92 Å². The van der Waals surface area contributed by atoms with Gasteiger partial charge in [-0.25, -0.2) is 8.78 Å². The first-order valence-corrected chi connectivity index (χ1v) is 4.00. The second kappa shape index (κ2) is 4.42. The number of rotatable bonds is 0. The Morgan fingerprint density at radius 2 is 1.55 bits per heavy atom. The lowest BCUT2D eigenvalue weighted by molar-refractivity contribution is -0.128. The third-order valence-electron chi connectivity index (χ3n) is 1.54. The Bertz CT molecular complexity index is 120.